The summed E-state index contributed by atoms with van der Waals surface area (Å²) in [6.45, 7) is 3.55. The first-order valence-corrected chi connectivity index (χ1v) is 11.0. The number of carbonyl (C=O) groups is 6. The zero-order valence-corrected chi connectivity index (χ0v) is 21.5. The largest absolute Gasteiger partial charge is 0.508 e. The molecule has 17 nitrogen and oxygen atoms in total. The number of amides is 2. The molecule has 4 atom stereocenters. The number of benzene rings is 1. The zero-order valence-electron chi connectivity index (χ0n) is 21.5. The Kier molecular flexibility index (Phi) is 20.8. The van der Waals surface area contributed by atoms with E-state index < -0.39 is 59.9 Å². The maximum absolute atomic E-state index is 10.4. The molecule has 1 rings (SSSR count). The van der Waals surface area contributed by atoms with Gasteiger partial charge in [0.1, 0.15) is 29.9 Å². The summed E-state index contributed by atoms with van der Waals surface area (Å²) < 4.78 is 0. The van der Waals surface area contributed by atoms with E-state index in [1.807, 2.05) is 0 Å². The first-order chi connectivity index (χ1) is 17.7. The molecule has 0 spiro atoms. The summed E-state index contributed by atoms with van der Waals surface area (Å²) in [5.74, 6) is -5.61. The van der Waals surface area contributed by atoms with Gasteiger partial charge in [-0.3, -0.25) is 28.8 Å². The number of hydrogen-bond acceptors (Lipinski definition) is 11. The SMILES string of the molecule is CC(C)C(N)C(=O)O.NC(=O)CC(N)C(=O)O.NC(=O)CC(N)C(=O)O.NC(Cc1ccc(O)cc1)C(=O)O. The van der Waals surface area contributed by atoms with E-state index in [1.54, 1.807) is 26.0 Å². The van der Waals surface area contributed by atoms with Crippen molar-refractivity contribution in [2.45, 2.75) is 57.3 Å². The van der Waals surface area contributed by atoms with Crippen molar-refractivity contribution in [1.82, 2.24) is 0 Å². The Labute approximate surface area is 223 Å². The second kappa shape index (κ2) is 20.7. The summed E-state index contributed by atoms with van der Waals surface area (Å²) in [5.41, 5.74) is 30.4. The van der Waals surface area contributed by atoms with Gasteiger partial charge < -0.3 is 59.9 Å². The lowest BCUT2D eigenvalue weighted by Gasteiger charge is -2.07. The fraction of sp³-hybridized carbons (Fsp3) is 0.455. The molecule has 0 heterocycles. The average Bonchev–Trinajstić information content (AvgIpc) is 2.80. The molecule has 4 unspecified atom stereocenters. The first kappa shape index (κ1) is 39.2. The molecule has 0 aliphatic carbocycles. The number of hydrogen-bond donors (Lipinski definition) is 11. The molecule has 17 N–H and O–H groups in total. The van der Waals surface area contributed by atoms with Gasteiger partial charge in [-0.15, -0.1) is 0 Å². The van der Waals surface area contributed by atoms with Crippen molar-refractivity contribution < 1.29 is 54.3 Å². The lowest BCUT2D eigenvalue weighted by molar-refractivity contribution is -0.140. The molecule has 0 bridgehead atoms. The van der Waals surface area contributed by atoms with Crippen molar-refractivity contribution in [3.05, 3.63) is 29.8 Å². The number of nitrogens with two attached hydrogens (primary N) is 6. The smallest absolute Gasteiger partial charge is 0.321 e. The zero-order chi connectivity index (χ0) is 31.5. The molecule has 39 heavy (non-hydrogen) atoms. The summed E-state index contributed by atoms with van der Waals surface area (Å²) in [6.07, 6.45) is -0.347. The van der Waals surface area contributed by atoms with Gasteiger partial charge in [0.05, 0.1) is 12.8 Å². The number of phenols is 1. The monoisotopic (exact) mass is 562 g/mol. The number of phenolic OH excluding ortho intramolecular Hbond substituents is 1. The van der Waals surface area contributed by atoms with Gasteiger partial charge in [-0.2, -0.15) is 0 Å². The van der Waals surface area contributed by atoms with Crippen molar-refractivity contribution >= 4 is 35.7 Å². The van der Waals surface area contributed by atoms with E-state index in [0.29, 0.717) is 0 Å². The van der Waals surface area contributed by atoms with Crippen LogP contribution in [-0.2, 0) is 35.2 Å². The quantitative estimate of drug-likeness (QED) is 0.127. The summed E-state index contributed by atoms with van der Waals surface area (Å²) in [6, 6.07) is 2.38. The molecule has 0 saturated carbocycles. The number of carboxylic acids is 4. The third-order valence-corrected chi connectivity index (χ3v) is 4.19. The van der Waals surface area contributed by atoms with Crippen LogP contribution in [0.2, 0.25) is 0 Å². The Morgan fingerprint density at radius 2 is 0.974 bits per heavy atom. The van der Waals surface area contributed by atoms with Crippen LogP contribution in [0.15, 0.2) is 24.3 Å². The minimum atomic E-state index is -1.21. The van der Waals surface area contributed by atoms with Crippen molar-refractivity contribution in [2.75, 3.05) is 0 Å². The van der Waals surface area contributed by atoms with Gasteiger partial charge in [-0.05, 0) is 30.0 Å². The number of carboxylic acid groups (broad SMARTS) is 4. The third-order valence-electron chi connectivity index (χ3n) is 4.19. The van der Waals surface area contributed by atoms with E-state index in [0.717, 1.165) is 5.56 Å². The van der Waals surface area contributed by atoms with Gasteiger partial charge in [-0.1, -0.05) is 26.0 Å². The highest BCUT2D eigenvalue weighted by molar-refractivity contribution is 5.83. The van der Waals surface area contributed by atoms with E-state index in [9.17, 15) is 28.8 Å². The predicted molar refractivity (Wildman–Crippen MR) is 137 cm³/mol. The fourth-order valence-corrected chi connectivity index (χ4v) is 1.87. The minimum Gasteiger partial charge on any atom is -0.508 e. The molecule has 0 aliphatic heterocycles. The number of rotatable bonds is 11. The molecular formula is C22H38N6O11. The van der Waals surface area contributed by atoms with E-state index in [2.05, 4.69) is 11.5 Å². The molecule has 0 aromatic heterocycles. The molecule has 2 amide bonds. The van der Waals surface area contributed by atoms with Crippen LogP contribution in [0.3, 0.4) is 0 Å². The van der Waals surface area contributed by atoms with Crippen molar-refractivity contribution in [3.8, 4) is 5.75 Å². The highest BCUT2D eigenvalue weighted by atomic mass is 16.4. The topological polar surface area (TPSA) is 360 Å². The predicted octanol–water partition coefficient (Wildman–Crippen LogP) is -3.05. The van der Waals surface area contributed by atoms with Crippen LogP contribution in [0.4, 0.5) is 0 Å². The Bertz CT molecular complexity index is 909. The van der Waals surface area contributed by atoms with Gasteiger partial charge in [0, 0.05) is 0 Å². The number of aromatic hydroxyl groups is 1. The second-order valence-corrected chi connectivity index (χ2v) is 8.15. The van der Waals surface area contributed by atoms with E-state index in [4.69, 9.17) is 48.5 Å². The van der Waals surface area contributed by atoms with Crippen molar-refractivity contribution in [3.63, 3.8) is 0 Å². The summed E-state index contributed by atoms with van der Waals surface area (Å²) >= 11 is 0. The Balaban J connectivity index is -0.000000453. The number of carbonyl (C=O) groups excluding carboxylic acids is 2. The maximum Gasteiger partial charge on any atom is 0.321 e. The van der Waals surface area contributed by atoms with E-state index >= 15 is 0 Å². The Morgan fingerprint density at radius 1 is 0.641 bits per heavy atom. The normalized spacial score (nSPS) is 12.8. The van der Waals surface area contributed by atoms with Gasteiger partial charge in [-0.25, -0.2) is 0 Å². The van der Waals surface area contributed by atoms with Crippen LogP contribution in [-0.4, -0.2) is 85.4 Å². The molecule has 0 saturated heterocycles. The molecule has 1 aromatic carbocycles. The summed E-state index contributed by atoms with van der Waals surface area (Å²) in [4.78, 5) is 60.2. The van der Waals surface area contributed by atoms with Crippen LogP contribution in [0, 0.1) is 5.92 Å². The summed E-state index contributed by atoms with van der Waals surface area (Å²) in [5, 5.41) is 41.9. The standard InChI is InChI=1S/C9H11NO3.C5H11NO2.2C4H8N2O3/c10-8(9(12)13)5-6-1-3-7(11)4-2-6;1-3(2)4(6)5(7)8;2*5-2(4(8)9)1-3(6)7/h1-4,8,11H,5,10H2,(H,12,13);3-4H,6H2,1-2H3,(H,7,8);2*2H,1,5H2,(H2,6,7)(H,8,9). The van der Waals surface area contributed by atoms with Crippen LogP contribution in [0.25, 0.3) is 0 Å². The molecule has 0 fully saturated rings. The molecular weight excluding hydrogens is 524 g/mol. The van der Waals surface area contributed by atoms with Crippen LogP contribution in [0.5, 0.6) is 5.75 Å². The van der Waals surface area contributed by atoms with Crippen molar-refractivity contribution in [1.29, 1.82) is 0 Å². The van der Waals surface area contributed by atoms with E-state index in [-0.39, 0.29) is 30.9 Å². The first-order valence-electron chi connectivity index (χ1n) is 11.0. The van der Waals surface area contributed by atoms with Crippen LogP contribution < -0.4 is 34.4 Å². The Hall–Kier alpha value is -4.32. The molecule has 222 valence electrons. The lowest BCUT2D eigenvalue weighted by Crippen LogP contribution is -2.34. The molecule has 1 aromatic rings. The molecule has 17 heteroatoms. The lowest BCUT2D eigenvalue weighted by atomic mass is 10.1. The maximum atomic E-state index is 10.4. The highest BCUT2D eigenvalue weighted by Gasteiger charge is 2.15. The Morgan fingerprint density at radius 3 is 1.15 bits per heavy atom. The molecule has 0 radical (unpaired) electrons. The van der Waals surface area contributed by atoms with E-state index in [1.165, 1.54) is 12.1 Å². The van der Waals surface area contributed by atoms with Gasteiger partial charge in [0.2, 0.25) is 11.8 Å². The summed E-state index contributed by atoms with van der Waals surface area (Å²) in [7, 11) is 0. The van der Waals surface area contributed by atoms with Gasteiger partial charge in [0.15, 0.2) is 0 Å². The van der Waals surface area contributed by atoms with Crippen LogP contribution >= 0.6 is 0 Å². The van der Waals surface area contributed by atoms with Crippen LogP contribution in [0.1, 0.15) is 32.3 Å². The minimum absolute atomic E-state index is 0.0208. The van der Waals surface area contributed by atoms with Gasteiger partial charge in [0.25, 0.3) is 0 Å². The highest BCUT2D eigenvalue weighted by Crippen LogP contribution is 2.10. The number of primary amides is 2. The second-order valence-electron chi connectivity index (χ2n) is 8.15. The molecule has 0 aliphatic rings. The third kappa shape index (κ3) is 23.8. The van der Waals surface area contributed by atoms with Crippen molar-refractivity contribution in [2.24, 2.45) is 40.3 Å². The fourth-order valence-electron chi connectivity index (χ4n) is 1.87. The number of aliphatic carboxylic acids is 4. The average molecular weight is 563 g/mol. The van der Waals surface area contributed by atoms with Gasteiger partial charge >= 0.3 is 23.9 Å².